The van der Waals surface area contributed by atoms with Gasteiger partial charge in [0, 0.05) is 13.1 Å². The Kier molecular flexibility index (Phi) is 20.3. The number of nitrogens with two attached hydrogens (primary N) is 2. The van der Waals surface area contributed by atoms with E-state index < -0.39 is 67.5 Å². The van der Waals surface area contributed by atoms with Crippen LogP contribution in [0.2, 0.25) is 130 Å². The van der Waals surface area contributed by atoms with Crippen molar-refractivity contribution < 1.29 is 24.7 Å². The van der Waals surface area contributed by atoms with Crippen molar-refractivity contribution in [2.75, 3.05) is 26.2 Å². The van der Waals surface area contributed by atoms with E-state index in [4.69, 9.17) is 36.2 Å². The molecule has 9 nitrogen and oxygen atoms in total. The van der Waals surface area contributed by atoms with Crippen LogP contribution in [0.15, 0.2) is 0 Å². The molecule has 0 saturated heterocycles. The first-order valence-electron chi connectivity index (χ1n) is 16.2. The van der Waals surface area contributed by atoms with E-state index in [1.807, 2.05) is 0 Å². The molecule has 0 aromatic rings. The van der Waals surface area contributed by atoms with Gasteiger partial charge in [0.15, 0.2) is 33.3 Å². The van der Waals surface area contributed by atoms with Gasteiger partial charge in [-0.05, 0) is 156 Å². The quantitative estimate of drug-likeness (QED) is 0.0824. The van der Waals surface area contributed by atoms with Gasteiger partial charge in [0.05, 0.1) is 0 Å². The van der Waals surface area contributed by atoms with Crippen molar-refractivity contribution in [3.63, 3.8) is 0 Å². The van der Waals surface area contributed by atoms with Crippen molar-refractivity contribution in [2.24, 2.45) is 11.5 Å². The highest BCUT2D eigenvalue weighted by atomic mass is 28.5. The summed E-state index contributed by atoms with van der Waals surface area (Å²) in [6, 6.07) is 1.96. The largest absolute Gasteiger partial charge is 0.437 e. The van der Waals surface area contributed by atoms with Gasteiger partial charge >= 0.3 is 34.2 Å². The predicted octanol–water partition coefficient (Wildman–Crippen LogP) is 7.25. The second-order valence-corrected chi connectivity index (χ2v) is 49.6. The molecule has 0 saturated carbocycles. The zero-order valence-electron chi connectivity index (χ0n) is 31.8. The lowest BCUT2D eigenvalue weighted by atomic mass is 10.5. The normalized spacial score (nSPS) is 16.7. The SMILES string of the molecule is C[Si](C)(C)O[Si](C)(C)O[Si](C)(CCCN)O[Si](C)(C)C.C[Si](C)(C)O[Si](C)(C)O[Si](C)(CCCNCCN)O[Si](C)(C)C. The van der Waals surface area contributed by atoms with Crippen LogP contribution in [0.5, 0.6) is 0 Å². The molecule has 0 aliphatic heterocycles. The topological polar surface area (TPSA) is 119 Å². The molecular weight excluding hydrogens is 675 g/mol. The van der Waals surface area contributed by atoms with Crippen LogP contribution in [-0.4, -0.2) is 93.7 Å². The van der Waals surface area contributed by atoms with Crippen LogP contribution in [-0.2, 0) is 24.7 Å². The number of hydrogen-bond donors (Lipinski definition) is 3. The number of nitrogens with one attached hydrogen (secondary N) is 1. The molecule has 0 fully saturated rings. The molecule has 0 aromatic heterocycles. The molecule has 0 rings (SSSR count). The molecule has 17 heteroatoms. The Labute approximate surface area is 276 Å². The van der Waals surface area contributed by atoms with E-state index in [1.165, 1.54) is 0 Å². The van der Waals surface area contributed by atoms with Crippen LogP contribution in [0.3, 0.4) is 0 Å². The van der Waals surface area contributed by atoms with Crippen LogP contribution in [0.25, 0.3) is 0 Å². The third kappa shape index (κ3) is 29.3. The van der Waals surface area contributed by atoms with Crippen molar-refractivity contribution in [3.05, 3.63) is 0 Å². The maximum atomic E-state index is 6.63. The van der Waals surface area contributed by atoms with Gasteiger partial charge in [-0.1, -0.05) is 0 Å². The standard InChI is InChI=1S/C14H40N2O3Si4.C12H35NO3Si4/c1-20(2,3)17-22(7,8)19-23(9,18-21(4,5)6)14-10-12-16-13-11-15;1-17(2,3)14-19(7,8)16-20(9,12-10-11-13)15-18(4,5)6/h16H,10-15H2,1-9H3;10-13H2,1-9H3. The highest BCUT2D eigenvalue weighted by Gasteiger charge is 2.45. The fraction of sp³-hybridized carbons (Fsp3) is 1.00. The molecule has 0 amide bonds. The molecule has 262 valence electrons. The summed E-state index contributed by atoms with van der Waals surface area (Å²) >= 11 is 0. The summed E-state index contributed by atoms with van der Waals surface area (Å²) in [6.45, 7) is 42.9. The van der Waals surface area contributed by atoms with E-state index >= 15 is 0 Å². The van der Waals surface area contributed by atoms with Gasteiger partial charge in [0.1, 0.15) is 0 Å². The van der Waals surface area contributed by atoms with Gasteiger partial charge in [0.25, 0.3) is 0 Å². The summed E-state index contributed by atoms with van der Waals surface area (Å²) < 4.78 is 38.8. The molecule has 0 heterocycles. The Morgan fingerprint density at radius 3 is 1.00 bits per heavy atom. The Balaban J connectivity index is 0. The number of rotatable bonds is 21. The van der Waals surface area contributed by atoms with Crippen LogP contribution < -0.4 is 16.8 Å². The summed E-state index contributed by atoms with van der Waals surface area (Å²) in [5, 5.41) is 3.36. The molecule has 2 unspecified atom stereocenters. The van der Waals surface area contributed by atoms with Gasteiger partial charge in [0.2, 0.25) is 0 Å². The first-order chi connectivity index (χ1) is 18.9. The van der Waals surface area contributed by atoms with Gasteiger partial charge in [-0.25, -0.2) is 0 Å². The fourth-order valence-corrected chi connectivity index (χ4v) is 41.2. The first kappa shape index (κ1) is 46.5. The molecular formula is C26H75N3O6Si8. The van der Waals surface area contributed by atoms with Crippen LogP contribution in [0, 0.1) is 0 Å². The maximum absolute atomic E-state index is 6.63. The lowest BCUT2D eigenvalue weighted by molar-refractivity contribution is 0.320. The minimum atomic E-state index is -2.23. The monoisotopic (exact) mass is 749 g/mol. The van der Waals surface area contributed by atoms with Crippen molar-refractivity contribution in [3.8, 4) is 0 Å². The van der Waals surface area contributed by atoms with Gasteiger partial charge < -0.3 is 41.5 Å². The summed E-state index contributed by atoms with van der Waals surface area (Å²) in [7, 11) is -15.2. The molecule has 0 aliphatic carbocycles. The summed E-state index contributed by atoms with van der Waals surface area (Å²) in [5.41, 5.74) is 11.2. The van der Waals surface area contributed by atoms with Gasteiger partial charge in [-0.15, -0.1) is 0 Å². The van der Waals surface area contributed by atoms with E-state index in [9.17, 15) is 0 Å². The predicted molar refractivity (Wildman–Crippen MR) is 208 cm³/mol. The average Bonchev–Trinajstić information content (AvgIpc) is 2.64. The third-order valence-corrected chi connectivity index (χ3v) is 32.3. The lowest BCUT2D eigenvalue weighted by Crippen LogP contribution is -2.57. The Bertz CT molecular complexity index is 774. The van der Waals surface area contributed by atoms with Crippen molar-refractivity contribution in [2.45, 2.75) is 143 Å². The molecule has 43 heavy (non-hydrogen) atoms. The Hall–Kier alpha value is 1.38. The van der Waals surface area contributed by atoms with E-state index in [0.29, 0.717) is 13.1 Å². The lowest BCUT2D eigenvalue weighted by Gasteiger charge is -2.41. The summed E-state index contributed by atoms with van der Waals surface area (Å²) in [5.74, 6) is 0. The fourth-order valence-electron chi connectivity index (χ4n) is 5.28. The molecule has 0 bridgehead atoms. The molecule has 5 N–H and O–H groups in total. The summed E-state index contributed by atoms with van der Waals surface area (Å²) in [6.07, 6.45) is 2.02. The minimum Gasteiger partial charge on any atom is -0.437 e. The van der Waals surface area contributed by atoms with Gasteiger partial charge in [-0.3, -0.25) is 0 Å². The highest BCUT2D eigenvalue weighted by molar-refractivity contribution is 6.90. The van der Waals surface area contributed by atoms with Crippen LogP contribution >= 0.6 is 0 Å². The zero-order valence-corrected chi connectivity index (χ0v) is 39.8. The van der Waals surface area contributed by atoms with Gasteiger partial charge in [-0.2, -0.15) is 0 Å². The minimum absolute atomic E-state index is 0.681. The molecule has 2 atom stereocenters. The van der Waals surface area contributed by atoms with E-state index in [1.54, 1.807) is 0 Å². The van der Waals surface area contributed by atoms with Crippen LogP contribution in [0.4, 0.5) is 0 Å². The Morgan fingerprint density at radius 1 is 0.395 bits per heavy atom. The molecule has 0 aromatic carbocycles. The molecule has 0 spiro atoms. The smallest absolute Gasteiger partial charge is 0.315 e. The zero-order chi connectivity index (χ0) is 34.6. The maximum Gasteiger partial charge on any atom is 0.315 e. The molecule has 0 aliphatic rings. The Morgan fingerprint density at radius 2 is 0.721 bits per heavy atom. The second-order valence-electron chi connectivity index (χ2n) is 16.7. The van der Waals surface area contributed by atoms with Crippen molar-refractivity contribution in [1.82, 2.24) is 5.32 Å². The summed E-state index contributed by atoms with van der Waals surface area (Å²) in [4.78, 5) is 0. The number of hydrogen-bond acceptors (Lipinski definition) is 9. The van der Waals surface area contributed by atoms with Crippen LogP contribution in [0.1, 0.15) is 12.8 Å². The van der Waals surface area contributed by atoms with Crippen molar-refractivity contribution in [1.29, 1.82) is 0 Å². The van der Waals surface area contributed by atoms with E-state index in [0.717, 1.165) is 38.0 Å². The molecule has 0 radical (unpaired) electrons. The highest BCUT2D eigenvalue weighted by Crippen LogP contribution is 2.29. The average molecular weight is 751 g/mol. The second kappa shape index (κ2) is 18.8. The third-order valence-electron chi connectivity index (χ3n) is 5.21. The van der Waals surface area contributed by atoms with Crippen molar-refractivity contribution >= 4 is 67.5 Å². The first-order valence-corrected chi connectivity index (χ1v) is 40.5. The van der Waals surface area contributed by atoms with E-state index in [-0.39, 0.29) is 0 Å². The van der Waals surface area contributed by atoms with E-state index in [2.05, 4.69) is 123 Å².